The molecule has 28 heavy (non-hydrogen) atoms. The van der Waals surface area contributed by atoms with Gasteiger partial charge in [-0.3, -0.25) is 4.79 Å². The van der Waals surface area contributed by atoms with Crippen LogP contribution in [0.5, 0.6) is 5.75 Å². The van der Waals surface area contributed by atoms with E-state index in [0.29, 0.717) is 22.2 Å². The number of imidazole rings is 1. The van der Waals surface area contributed by atoms with Crippen LogP contribution in [0.1, 0.15) is 0 Å². The fourth-order valence-electron chi connectivity index (χ4n) is 2.71. The van der Waals surface area contributed by atoms with Gasteiger partial charge in [0.05, 0.1) is 19.0 Å². The summed E-state index contributed by atoms with van der Waals surface area (Å²) in [5, 5.41) is 2.78. The predicted molar refractivity (Wildman–Crippen MR) is 107 cm³/mol. The maximum Gasteiger partial charge on any atom is 0.240 e. The molecule has 0 aliphatic heterocycles. The Labute approximate surface area is 167 Å². The first-order valence-electron chi connectivity index (χ1n) is 8.24. The largest absolute Gasteiger partial charge is 0.497 e. The Hall–Kier alpha value is -2.84. The van der Waals surface area contributed by atoms with Gasteiger partial charge in [-0.2, -0.15) is 0 Å². The van der Waals surface area contributed by atoms with Crippen molar-refractivity contribution in [3.05, 3.63) is 59.8 Å². The number of sulfone groups is 1. The molecule has 0 spiro atoms. The Kier molecular flexibility index (Phi) is 5.71. The minimum Gasteiger partial charge on any atom is -0.497 e. The highest BCUT2D eigenvalue weighted by Gasteiger charge is 2.25. The van der Waals surface area contributed by atoms with Crippen molar-refractivity contribution in [2.75, 3.05) is 18.2 Å². The van der Waals surface area contributed by atoms with Gasteiger partial charge in [-0.25, -0.2) is 13.4 Å². The molecule has 7 nitrogen and oxygen atoms in total. The summed E-state index contributed by atoms with van der Waals surface area (Å²) < 4.78 is 31.9. The van der Waals surface area contributed by atoms with Crippen LogP contribution in [0.4, 0.5) is 5.69 Å². The van der Waals surface area contributed by atoms with Gasteiger partial charge in [-0.15, -0.1) is 0 Å². The molecule has 0 aliphatic carbocycles. The smallest absolute Gasteiger partial charge is 0.240 e. The third kappa shape index (κ3) is 4.35. The molecule has 146 valence electrons. The van der Waals surface area contributed by atoms with Crippen molar-refractivity contribution in [1.82, 2.24) is 9.55 Å². The Morgan fingerprint density at radius 3 is 2.57 bits per heavy atom. The van der Waals surface area contributed by atoms with Gasteiger partial charge in [-0.1, -0.05) is 17.7 Å². The van der Waals surface area contributed by atoms with Gasteiger partial charge in [0.1, 0.15) is 11.5 Å². The van der Waals surface area contributed by atoms with E-state index in [1.165, 1.54) is 16.8 Å². The molecule has 9 heteroatoms. The normalized spacial score (nSPS) is 11.2. The summed E-state index contributed by atoms with van der Waals surface area (Å²) in [5.74, 6) is -0.709. The Bertz CT molecular complexity index is 1110. The van der Waals surface area contributed by atoms with Gasteiger partial charge in [-0.05, 0) is 42.5 Å². The molecule has 1 amide bonds. The van der Waals surface area contributed by atoms with E-state index in [1.807, 2.05) is 0 Å². The van der Waals surface area contributed by atoms with E-state index in [2.05, 4.69) is 10.3 Å². The SMILES string of the molecule is COc1ccc(-c2cnc(S(=O)(=O)CC(=O)Nc3cccc(Cl)c3)n2C)cc1. The molecule has 0 aliphatic rings. The Morgan fingerprint density at radius 2 is 1.93 bits per heavy atom. The zero-order valence-corrected chi connectivity index (χ0v) is 16.8. The van der Waals surface area contributed by atoms with Gasteiger partial charge in [0.2, 0.25) is 20.9 Å². The van der Waals surface area contributed by atoms with Crippen molar-refractivity contribution in [3.63, 3.8) is 0 Å². The number of hydrogen-bond acceptors (Lipinski definition) is 5. The summed E-state index contributed by atoms with van der Waals surface area (Å²) in [4.78, 5) is 16.2. The second-order valence-electron chi connectivity index (χ2n) is 6.03. The minimum atomic E-state index is -3.94. The van der Waals surface area contributed by atoms with E-state index >= 15 is 0 Å². The van der Waals surface area contributed by atoms with E-state index in [-0.39, 0.29) is 5.16 Å². The number of halogens is 1. The molecule has 1 heterocycles. The maximum atomic E-state index is 12.7. The summed E-state index contributed by atoms with van der Waals surface area (Å²) >= 11 is 5.87. The average molecular weight is 420 g/mol. The van der Waals surface area contributed by atoms with Crippen LogP contribution in [-0.4, -0.2) is 36.7 Å². The summed E-state index contributed by atoms with van der Waals surface area (Å²) in [6.07, 6.45) is 1.46. The lowest BCUT2D eigenvalue weighted by Crippen LogP contribution is -2.24. The fourth-order valence-corrected chi connectivity index (χ4v) is 4.18. The van der Waals surface area contributed by atoms with E-state index < -0.39 is 21.5 Å². The number of methoxy groups -OCH3 is 1. The summed E-state index contributed by atoms with van der Waals surface area (Å²) in [6, 6.07) is 13.6. The minimum absolute atomic E-state index is 0.181. The van der Waals surface area contributed by atoms with Gasteiger partial charge in [0, 0.05) is 23.3 Å². The van der Waals surface area contributed by atoms with Gasteiger partial charge in [0.25, 0.3) is 0 Å². The first kappa shape index (κ1) is 19.9. The van der Waals surface area contributed by atoms with Crippen molar-refractivity contribution in [3.8, 4) is 17.0 Å². The van der Waals surface area contributed by atoms with Crippen LogP contribution in [0, 0.1) is 0 Å². The molecule has 0 saturated carbocycles. The van der Waals surface area contributed by atoms with Crippen LogP contribution in [-0.2, 0) is 21.7 Å². The second kappa shape index (κ2) is 8.04. The van der Waals surface area contributed by atoms with E-state index in [9.17, 15) is 13.2 Å². The van der Waals surface area contributed by atoms with Crippen LogP contribution < -0.4 is 10.1 Å². The molecule has 1 aromatic heterocycles. The van der Waals surface area contributed by atoms with Gasteiger partial charge in [0.15, 0.2) is 0 Å². The first-order valence-corrected chi connectivity index (χ1v) is 10.3. The predicted octanol–water partition coefficient (Wildman–Crippen LogP) is 3.16. The maximum absolute atomic E-state index is 12.7. The number of carbonyl (C=O) groups is 1. The highest BCUT2D eigenvalue weighted by Crippen LogP contribution is 2.24. The summed E-state index contributed by atoms with van der Waals surface area (Å²) in [7, 11) is -0.779. The van der Waals surface area contributed by atoms with Crippen molar-refractivity contribution in [2.24, 2.45) is 7.05 Å². The molecule has 2 aromatic carbocycles. The molecular weight excluding hydrogens is 402 g/mol. The molecule has 0 radical (unpaired) electrons. The topological polar surface area (TPSA) is 90.3 Å². The second-order valence-corrected chi connectivity index (χ2v) is 8.35. The fraction of sp³-hybridized carbons (Fsp3) is 0.158. The molecule has 3 rings (SSSR count). The molecule has 1 N–H and O–H groups in total. The zero-order chi connectivity index (χ0) is 20.3. The number of ether oxygens (including phenoxy) is 1. The van der Waals surface area contributed by atoms with Crippen molar-refractivity contribution >= 4 is 33.0 Å². The molecule has 0 saturated heterocycles. The molecule has 0 unspecified atom stereocenters. The lowest BCUT2D eigenvalue weighted by molar-refractivity contribution is -0.113. The number of carbonyl (C=O) groups excluding carboxylic acids is 1. The zero-order valence-electron chi connectivity index (χ0n) is 15.2. The van der Waals surface area contributed by atoms with Crippen molar-refractivity contribution in [2.45, 2.75) is 5.16 Å². The Balaban J connectivity index is 1.80. The number of anilines is 1. The van der Waals surface area contributed by atoms with Crippen LogP contribution in [0.25, 0.3) is 11.3 Å². The van der Waals surface area contributed by atoms with Gasteiger partial charge >= 0.3 is 0 Å². The van der Waals surface area contributed by atoms with E-state index in [0.717, 1.165) is 5.56 Å². The highest BCUT2D eigenvalue weighted by atomic mass is 35.5. The molecule has 0 bridgehead atoms. The monoisotopic (exact) mass is 419 g/mol. The number of rotatable bonds is 6. The quantitative estimate of drug-likeness (QED) is 0.662. The number of aromatic nitrogens is 2. The first-order chi connectivity index (χ1) is 13.3. The van der Waals surface area contributed by atoms with Crippen molar-refractivity contribution in [1.29, 1.82) is 0 Å². The van der Waals surface area contributed by atoms with Gasteiger partial charge < -0.3 is 14.6 Å². The van der Waals surface area contributed by atoms with Crippen LogP contribution >= 0.6 is 11.6 Å². The third-order valence-electron chi connectivity index (χ3n) is 4.04. The third-order valence-corrected chi connectivity index (χ3v) is 5.85. The summed E-state index contributed by atoms with van der Waals surface area (Å²) in [6.45, 7) is 0. The van der Waals surface area contributed by atoms with Crippen LogP contribution in [0.2, 0.25) is 5.02 Å². The van der Waals surface area contributed by atoms with E-state index in [4.69, 9.17) is 16.3 Å². The molecule has 0 atom stereocenters. The molecular formula is C19H18ClN3O4S. The standard InChI is InChI=1S/C19H18ClN3O4S/c1-23-17(13-6-8-16(27-2)9-7-13)11-21-19(23)28(25,26)12-18(24)22-15-5-3-4-14(20)10-15/h3-11H,12H2,1-2H3,(H,22,24). The van der Waals surface area contributed by atoms with Crippen molar-refractivity contribution < 1.29 is 17.9 Å². The number of benzene rings is 2. The number of nitrogens with zero attached hydrogens (tertiary/aromatic N) is 2. The van der Waals surface area contributed by atoms with Crippen LogP contribution in [0.3, 0.4) is 0 Å². The number of amides is 1. The molecule has 0 fully saturated rings. The Morgan fingerprint density at radius 1 is 1.21 bits per heavy atom. The average Bonchev–Trinajstić information content (AvgIpc) is 3.03. The lowest BCUT2D eigenvalue weighted by Gasteiger charge is -2.09. The number of hydrogen-bond donors (Lipinski definition) is 1. The highest BCUT2D eigenvalue weighted by molar-refractivity contribution is 7.92. The molecule has 3 aromatic rings. The van der Waals surface area contributed by atoms with Crippen LogP contribution in [0.15, 0.2) is 59.9 Å². The number of nitrogens with one attached hydrogen (secondary N) is 1. The van der Waals surface area contributed by atoms with E-state index in [1.54, 1.807) is 56.6 Å². The lowest BCUT2D eigenvalue weighted by atomic mass is 10.1. The summed E-state index contributed by atoms with van der Waals surface area (Å²) in [5.41, 5.74) is 1.81.